The number of nitrogens with zero attached hydrogens (tertiary/aromatic N) is 2. The van der Waals surface area contributed by atoms with Gasteiger partial charge in [0.25, 0.3) is 0 Å². The summed E-state index contributed by atoms with van der Waals surface area (Å²) in [6, 6.07) is 1.78. The lowest BCUT2D eigenvalue weighted by atomic mass is 10.2. The molecule has 19 heavy (non-hydrogen) atoms. The van der Waals surface area contributed by atoms with Crippen LogP contribution in [-0.4, -0.2) is 37.0 Å². The van der Waals surface area contributed by atoms with E-state index in [1.54, 1.807) is 24.7 Å². The molecule has 0 N–H and O–H groups in total. The van der Waals surface area contributed by atoms with E-state index in [2.05, 4.69) is 9.84 Å². The number of methoxy groups -OCH3 is 1. The van der Waals surface area contributed by atoms with E-state index in [4.69, 9.17) is 0 Å². The van der Waals surface area contributed by atoms with Gasteiger partial charge < -0.3 is 4.74 Å². The molecule has 0 radical (unpaired) electrons. The minimum absolute atomic E-state index is 0.113. The van der Waals surface area contributed by atoms with E-state index in [-0.39, 0.29) is 11.5 Å². The maximum atomic E-state index is 12.0. The zero-order valence-corrected chi connectivity index (χ0v) is 12.5. The van der Waals surface area contributed by atoms with Gasteiger partial charge in [-0.05, 0) is 12.5 Å². The quantitative estimate of drug-likeness (QED) is 0.720. The van der Waals surface area contributed by atoms with Crippen LogP contribution in [0.3, 0.4) is 0 Å². The Hall–Kier alpha value is -1.37. The summed E-state index contributed by atoms with van der Waals surface area (Å²) in [6.45, 7) is 3.50. The highest BCUT2D eigenvalue weighted by Crippen LogP contribution is 2.12. The molecule has 1 heterocycles. The van der Waals surface area contributed by atoms with Gasteiger partial charge in [-0.3, -0.25) is 9.48 Å². The van der Waals surface area contributed by atoms with Crippen molar-refractivity contribution in [1.29, 1.82) is 0 Å². The highest BCUT2D eigenvalue weighted by molar-refractivity contribution is 7.90. The highest BCUT2D eigenvalue weighted by atomic mass is 32.2. The molecule has 1 atom stereocenters. The van der Waals surface area contributed by atoms with E-state index >= 15 is 0 Å². The van der Waals surface area contributed by atoms with Gasteiger partial charge in [-0.2, -0.15) is 5.10 Å². The fraction of sp³-hybridized carbons (Fsp3) is 0.667. The van der Waals surface area contributed by atoms with Gasteiger partial charge in [0.05, 0.1) is 35.9 Å². The second kappa shape index (κ2) is 6.18. The van der Waals surface area contributed by atoms with Crippen LogP contribution < -0.4 is 0 Å². The molecule has 0 saturated heterocycles. The van der Waals surface area contributed by atoms with Crippen molar-refractivity contribution < 1.29 is 17.9 Å². The number of hydrogen-bond acceptors (Lipinski definition) is 5. The number of aromatic nitrogens is 2. The van der Waals surface area contributed by atoms with E-state index in [9.17, 15) is 13.2 Å². The zero-order valence-electron chi connectivity index (χ0n) is 11.7. The Balaban J connectivity index is 2.79. The van der Waals surface area contributed by atoms with Crippen LogP contribution in [0.4, 0.5) is 0 Å². The van der Waals surface area contributed by atoms with Gasteiger partial charge in [0.1, 0.15) is 0 Å². The lowest BCUT2D eigenvalue weighted by molar-refractivity contribution is -0.144. The third-order valence-corrected chi connectivity index (χ3v) is 4.61. The Morgan fingerprint density at radius 2 is 2.16 bits per heavy atom. The number of carbonyl (C=O) groups is 1. The smallest absolute Gasteiger partial charge is 0.309 e. The van der Waals surface area contributed by atoms with Crippen LogP contribution in [-0.2, 0) is 38.6 Å². The van der Waals surface area contributed by atoms with Crippen molar-refractivity contribution in [2.75, 3.05) is 12.9 Å². The van der Waals surface area contributed by atoms with Crippen LogP contribution in [0.1, 0.15) is 25.2 Å². The van der Waals surface area contributed by atoms with Crippen LogP contribution in [0.2, 0.25) is 0 Å². The predicted molar refractivity (Wildman–Crippen MR) is 71.3 cm³/mol. The molecule has 6 nitrogen and oxygen atoms in total. The van der Waals surface area contributed by atoms with Gasteiger partial charge in [-0.1, -0.05) is 13.8 Å². The van der Waals surface area contributed by atoms with Crippen LogP contribution in [0.15, 0.2) is 6.07 Å². The molecule has 0 amide bonds. The maximum Gasteiger partial charge on any atom is 0.309 e. The molecular weight excluding hydrogens is 268 g/mol. The second-order valence-corrected chi connectivity index (χ2v) is 6.69. The first kappa shape index (κ1) is 15.7. The molecule has 7 heteroatoms. The average Bonchev–Trinajstić information content (AvgIpc) is 2.67. The number of esters is 1. The molecule has 108 valence electrons. The summed E-state index contributed by atoms with van der Waals surface area (Å²) in [5.74, 6) is -1.50. The standard InChI is InChI=1S/C12H20N2O4S/c1-5-10-6-11(14(3)13-10)8-19(16,17)7-9(2)12(15)18-4/h6,9H,5,7-8H2,1-4H3. The molecule has 0 aliphatic heterocycles. The number of ether oxygens (including phenoxy) is 1. The van der Waals surface area contributed by atoms with E-state index in [1.165, 1.54) is 7.11 Å². The largest absolute Gasteiger partial charge is 0.469 e. The maximum absolute atomic E-state index is 12.0. The molecule has 1 aromatic heterocycles. The van der Waals surface area contributed by atoms with Gasteiger partial charge in [0, 0.05) is 7.05 Å². The van der Waals surface area contributed by atoms with E-state index in [0.29, 0.717) is 5.69 Å². The Kier molecular flexibility index (Phi) is 5.11. The summed E-state index contributed by atoms with van der Waals surface area (Å²) >= 11 is 0. The summed E-state index contributed by atoms with van der Waals surface area (Å²) in [5.41, 5.74) is 1.49. The molecule has 0 saturated carbocycles. The van der Waals surface area contributed by atoms with Crippen LogP contribution in [0, 0.1) is 5.92 Å². The number of sulfone groups is 1. The van der Waals surface area contributed by atoms with Crippen molar-refractivity contribution in [2.24, 2.45) is 13.0 Å². The molecule has 0 aliphatic carbocycles. The van der Waals surface area contributed by atoms with Gasteiger partial charge >= 0.3 is 5.97 Å². The van der Waals surface area contributed by atoms with Crippen molar-refractivity contribution in [3.8, 4) is 0 Å². The number of rotatable bonds is 6. The minimum atomic E-state index is -3.37. The van der Waals surface area contributed by atoms with Crippen molar-refractivity contribution >= 4 is 15.8 Å². The van der Waals surface area contributed by atoms with Crippen molar-refractivity contribution in [1.82, 2.24) is 9.78 Å². The molecule has 1 unspecified atom stereocenters. The topological polar surface area (TPSA) is 78.3 Å². The molecule has 0 bridgehead atoms. The molecule has 1 aromatic rings. The number of carbonyl (C=O) groups excluding carboxylic acids is 1. The average molecular weight is 288 g/mol. The first-order valence-corrected chi connectivity index (χ1v) is 7.91. The molecule has 0 spiro atoms. The molecular formula is C12H20N2O4S. The lowest BCUT2D eigenvalue weighted by Gasteiger charge is -2.09. The fourth-order valence-corrected chi connectivity index (χ4v) is 3.55. The third kappa shape index (κ3) is 4.34. The normalized spacial score (nSPS) is 13.3. The zero-order chi connectivity index (χ0) is 14.6. The molecule has 0 aliphatic rings. The summed E-state index contributed by atoms with van der Waals surface area (Å²) in [6.07, 6.45) is 0.756. The van der Waals surface area contributed by atoms with Gasteiger partial charge in [0.2, 0.25) is 0 Å². The van der Waals surface area contributed by atoms with Crippen LogP contribution in [0.25, 0.3) is 0 Å². The highest BCUT2D eigenvalue weighted by Gasteiger charge is 2.23. The van der Waals surface area contributed by atoms with E-state index in [0.717, 1.165) is 12.1 Å². The summed E-state index contributed by atoms with van der Waals surface area (Å²) < 4.78 is 30.2. The Morgan fingerprint density at radius 1 is 1.53 bits per heavy atom. The van der Waals surface area contributed by atoms with E-state index < -0.39 is 21.7 Å². The molecule has 1 rings (SSSR count). The third-order valence-electron chi connectivity index (χ3n) is 2.86. The predicted octanol–water partition coefficient (Wildman–Crippen LogP) is 0.706. The van der Waals surface area contributed by atoms with Gasteiger partial charge in [-0.25, -0.2) is 8.42 Å². The molecule has 0 aromatic carbocycles. The Morgan fingerprint density at radius 3 is 2.63 bits per heavy atom. The first-order chi connectivity index (χ1) is 8.79. The second-order valence-electron chi connectivity index (χ2n) is 4.58. The first-order valence-electron chi connectivity index (χ1n) is 6.09. The molecule has 0 fully saturated rings. The van der Waals surface area contributed by atoms with Gasteiger partial charge in [0.15, 0.2) is 9.84 Å². The monoisotopic (exact) mass is 288 g/mol. The van der Waals surface area contributed by atoms with Crippen molar-refractivity contribution in [2.45, 2.75) is 26.0 Å². The fourth-order valence-electron chi connectivity index (χ4n) is 1.81. The van der Waals surface area contributed by atoms with E-state index in [1.807, 2.05) is 6.92 Å². The lowest BCUT2D eigenvalue weighted by Crippen LogP contribution is -2.24. The van der Waals surface area contributed by atoms with Crippen molar-refractivity contribution in [3.05, 3.63) is 17.5 Å². The number of aryl methyl sites for hydroxylation is 2. The number of hydrogen-bond donors (Lipinski definition) is 0. The van der Waals surface area contributed by atoms with Crippen molar-refractivity contribution in [3.63, 3.8) is 0 Å². The van der Waals surface area contributed by atoms with Crippen LogP contribution >= 0.6 is 0 Å². The van der Waals surface area contributed by atoms with Crippen LogP contribution in [0.5, 0.6) is 0 Å². The Bertz CT molecular complexity index is 548. The van der Waals surface area contributed by atoms with Gasteiger partial charge in [-0.15, -0.1) is 0 Å². The Labute approximate surface area is 113 Å². The SMILES string of the molecule is CCc1cc(CS(=O)(=O)CC(C)C(=O)OC)n(C)n1. The summed E-state index contributed by atoms with van der Waals surface area (Å²) in [7, 11) is -0.402. The summed E-state index contributed by atoms with van der Waals surface area (Å²) in [5, 5.41) is 4.20. The minimum Gasteiger partial charge on any atom is -0.469 e. The summed E-state index contributed by atoms with van der Waals surface area (Å²) in [4.78, 5) is 11.3.